The Balaban J connectivity index is 1.44. The molecule has 3 heterocycles. The zero-order valence-electron chi connectivity index (χ0n) is 34.6. The predicted molar refractivity (Wildman–Crippen MR) is 207 cm³/mol. The number of hydrogen-bond donors (Lipinski definition) is 0. The SMILES string of the molecule is [2H]c1c([2H])c([2H])c(-c2ccc3c(c2)N(c2c(C)cc(C)cc2C)c2cc(C(C)(C)C)cc4c2B3c2cccc3c2N4C2(C)CCCCC32C)c([2H])c1[2H]. The topological polar surface area (TPSA) is 6.48 Å². The Bertz CT molecular complexity index is 2400. The maximum Gasteiger partial charge on any atom is 0.252 e. The standard InChI is InChI=1S/C45H47BN2/c1-28-23-29(2)41(30(3)24-28)47-37-25-32(31-15-10-9-11-16-31)19-20-35(37)46-36-18-14-17-34-42(36)48(45(8)22-13-12-21-44(34,45)7)39-27-33(43(4,5)6)26-38(47)40(39)46/h9-11,14-20,23-27H,12-13,21-22H2,1-8H3/i9D,10D,11D,15D,16D. The van der Waals surface area contributed by atoms with Gasteiger partial charge >= 0.3 is 0 Å². The van der Waals surface area contributed by atoms with Crippen LogP contribution in [0.4, 0.5) is 28.4 Å². The van der Waals surface area contributed by atoms with E-state index in [1.54, 1.807) is 0 Å². The number of nitrogens with zero attached hydrogens (tertiary/aromatic N) is 2. The fourth-order valence-electron chi connectivity index (χ4n) is 10.0. The molecule has 0 N–H and O–H groups in total. The first-order valence-corrected chi connectivity index (χ1v) is 17.7. The van der Waals surface area contributed by atoms with Gasteiger partial charge in [0.2, 0.25) is 0 Å². The Hall–Kier alpha value is -4.24. The van der Waals surface area contributed by atoms with Gasteiger partial charge in [0.05, 0.1) is 18.1 Å². The Morgan fingerprint density at radius 2 is 1.44 bits per heavy atom. The molecule has 0 amide bonds. The highest BCUT2D eigenvalue weighted by molar-refractivity contribution is 7.00. The average Bonchev–Trinajstić information content (AvgIpc) is 3.32. The van der Waals surface area contributed by atoms with E-state index >= 15 is 0 Å². The van der Waals surface area contributed by atoms with Gasteiger partial charge in [0.25, 0.3) is 6.71 Å². The molecule has 2 unspecified atom stereocenters. The maximum atomic E-state index is 8.92. The molecular formula is C45H47BN2. The molecule has 0 saturated heterocycles. The number of fused-ring (bicyclic) bond motifs is 7. The van der Waals surface area contributed by atoms with E-state index in [0.717, 1.165) is 35.4 Å². The molecule has 2 nitrogen and oxygen atoms in total. The van der Waals surface area contributed by atoms with Crippen LogP contribution in [-0.4, -0.2) is 12.3 Å². The van der Waals surface area contributed by atoms with Gasteiger partial charge in [0, 0.05) is 28.2 Å². The molecule has 1 saturated carbocycles. The fourth-order valence-corrected chi connectivity index (χ4v) is 10.0. The Morgan fingerprint density at radius 1 is 0.729 bits per heavy atom. The molecule has 9 rings (SSSR count). The van der Waals surface area contributed by atoms with Gasteiger partial charge in [-0.2, -0.15) is 0 Å². The van der Waals surface area contributed by atoms with Crippen molar-refractivity contribution in [2.24, 2.45) is 0 Å². The van der Waals surface area contributed by atoms with Gasteiger partial charge in [-0.1, -0.05) is 119 Å². The first-order chi connectivity index (χ1) is 25.0. The van der Waals surface area contributed by atoms with E-state index in [4.69, 9.17) is 6.85 Å². The van der Waals surface area contributed by atoms with E-state index in [1.165, 1.54) is 63.0 Å². The van der Waals surface area contributed by atoms with Crippen LogP contribution in [-0.2, 0) is 10.8 Å². The van der Waals surface area contributed by atoms with Crippen LogP contribution in [0, 0.1) is 20.8 Å². The van der Waals surface area contributed by atoms with Crippen LogP contribution < -0.4 is 26.2 Å². The molecule has 4 aliphatic rings. The van der Waals surface area contributed by atoms with Gasteiger partial charge < -0.3 is 9.80 Å². The summed E-state index contributed by atoms with van der Waals surface area (Å²) in [5.41, 5.74) is 16.7. The van der Waals surface area contributed by atoms with Crippen molar-refractivity contribution in [3.8, 4) is 11.1 Å². The molecule has 3 heteroatoms. The number of anilines is 5. The highest BCUT2D eigenvalue weighted by Crippen LogP contribution is 2.62. The second kappa shape index (κ2) is 9.91. The highest BCUT2D eigenvalue weighted by Gasteiger charge is 2.61. The lowest BCUT2D eigenvalue weighted by molar-refractivity contribution is 0.195. The third-order valence-electron chi connectivity index (χ3n) is 12.5. The average molecular weight is 632 g/mol. The number of rotatable bonds is 2. The molecule has 48 heavy (non-hydrogen) atoms. The van der Waals surface area contributed by atoms with E-state index in [-0.39, 0.29) is 58.9 Å². The van der Waals surface area contributed by atoms with E-state index in [9.17, 15) is 0 Å². The minimum atomic E-state index is -0.377. The quantitative estimate of drug-likeness (QED) is 0.176. The summed E-state index contributed by atoms with van der Waals surface area (Å²) >= 11 is 0. The van der Waals surface area contributed by atoms with Crippen LogP contribution in [0.5, 0.6) is 0 Å². The summed E-state index contributed by atoms with van der Waals surface area (Å²) in [7, 11) is 0. The number of aryl methyl sites for hydroxylation is 3. The van der Waals surface area contributed by atoms with Crippen molar-refractivity contribution in [1.82, 2.24) is 0 Å². The molecule has 3 aliphatic heterocycles. The maximum absolute atomic E-state index is 8.92. The fraction of sp³-hybridized carbons (Fsp3) is 0.333. The second-order valence-electron chi connectivity index (χ2n) is 16.4. The zero-order valence-corrected chi connectivity index (χ0v) is 29.6. The summed E-state index contributed by atoms with van der Waals surface area (Å²) in [6.45, 7) is 18.4. The molecule has 240 valence electrons. The summed E-state index contributed by atoms with van der Waals surface area (Å²) in [6.07, 6.45) is 4.74. The molecule has 2 atom stereocenters. The van der Waals surface area contributed by atoms with Crippen LogP contribution in [0.15, 0.2) is 90.9 Å². The van der Waals surface area contributed by atoms with Gasteiger partial charge in [0.1, 0.15) is 0 Å². The third-order valence-corrected chi connectivity index (χ3v) is 12.5. The van der Waals surface area contributed by atoms with E-state index in [0.29, 0.717) is 5.56 Å². The second-order valence-corrected chi connectivity index (χ2v) is 16.4. The number of hydrogen-bond acceptors (Lipinski definition) is 2. The van der Waals surface area contributed by atoms with Gasteiger partial charge in [0.15, 0.2) is 0 Å². The smallest absolute Gasteiger partial charge is 0.252 e. The van der Waals surface area contributed by atoms with Crippen LogP contribution in [0.3, 0.4) is 0 Å². The molecule has 0 aromatic heterocycles. The molecule has 1 fully saturated rings. The molecular weight excluding hydrogens is 579 g/mol. The van der Waals surface area contributed by atoms with Crippen molar-refractivity contribution < 1.29 is 6.85 Å². The first-order valence-electron chi connectivity index (χ1n) is 20.2. The minimum Gasteiger partial charge on any atom is -0.335 e. The summed E-state index contributed by atoms with van der Waals surface area (Å²) < 4.78 is 43.1. The predicted octanol–water partition coefficient (Wildman–Crippen LogP) is 9.93. The van der Waals surface area contributed by atoms with Crippen molar-refractivity contribution in [2.75, 3.05) is 9.80 Å². The van der Waals surface area contributed by atoms with Crippen molar-refractivity contribution in [1.29, 1.82) is 0 Å². The zero-order chi connectivity index (χ0) is 37.7. The normalized spacial score (nSPS) is 23.3. The first kappa shape index (κ1) is 24.8. The van der Waals surface area contributed by atoms with Crippen molar-refractivity contribution >= 4 is 51.5 Å². The lowest BCUT2D eigenvalue weighted by Gasteiger charge is -2.53. The minimum absolute atomic E-state index is 0.00617. The van der Waals surface area contributed by atoms with Gasteiger partial charge in [-0.25, -0.2) is 0 Å². The lowest BCUT2D eigenvalue weighted by Crippen LogP contribution is -2.64. The van der Waals surface area contributed by atoms with Crippen molar-refractivity contribution in [3.05, 3.63) is 119 Å². The number of benzene rings is 5. The molecule has 1 aliphatic carbocycles. The largest absolute Gasteiger partial charge is 0.335 e. The molecule has 0 radical (unpaired) electrons. The van der Waals surface area contributed by atoms with Crippen LogP contribution in [0.2, 0.25) is 0 Å². The monoisotopic (exact) mass is 631 g/mol. The third kappa shape index (κ3) is 3.82. The van der Waals surface area contributed by atoms with Gasteiger partial charge in [-0.05, 0) is 114 Å². The molecule has 5 aromatic carbocycles. The van der Waals surface area contributed by atoms with Crippen molar-refractivity contribution in [2.45, 2.75) is 97.4 Å². The Kier molecular flexibility index (Phi) is 5.13. The summed E-state index contributed by atoms with van der Waals surface area (Å²) in [5, 5.41) is 0. The van der Waals surface area contributed by atoms with Crippen molar-refractivity contribution in [3.63, 3.8) is 0 Å². The lowest BCUT2D eigenvalue weighted by atomic mass is 9.33. The Morgan fingerprint density at radius 3 is 2.17 bits per heavy atom. The summed E-state index contributed by atoms with van der Waals surface area (Å²) in [5.74, 6) is 0. The molecule has 0 bridgehead atoms. The highest BCUT2D eigenvalue weighted by atomic mass is 15.3. The van der Waals surface area contributed by atoms with Gasteiger partial charge in [-0.3, -0.25) is 0 Å². The Labute approximate surface area is 294 Å². The molecule has 0 spiro atoms. The van der Waals surface area contributed by atoms with E-state index < -0.39 is 0 Å². The van der Waals surface area contributed by atoms with Crippen LogP contribution in [0.25, 0.3) is 11.1 Å². The van der Waals surface area contributed by atoms with Gasteiger partial charge in [-0.15, -0.1) is 0 Å². The summed E-state index contributed by atoms with van der Waals surface area (Å²) in [4.78, 5) is 5.20. The van der Waals surface area contributed by atoms with E-state index in [2.05, 4.69) is 120 Å². The van der Waals surface area contributed by atoms with Crippen LogP contribution >= 0.6 is 0 Å². The number of para-hydroxylation sites is 1. The van der Waals surface area contributed by atoms with Crippen LogP contribution in [0.1, 0.15) is 95.0 Å². The summed E-state index contributed by atoms with van der Waals surface area (Å²) in [6, 6.07) is 21.3. The molecule has 5 aromatic rings. The van der Waals surface area contributed by atoms with E-state index in [1.807, 2.05) is 6.07 Å².